The molecule has 0 aromatic heterocycles. The van der Waals surface area contributed by atoms with Crippen molar-refractivity contribution in [2.24, 2.45) is 0 Å². The SMILES string of the molecule is N#CC1CC=CC2CCCC[Si]12. The smallest absolute Gasteiger partial charge is 0.0767 e. The zero-order chi connectivity index (χ0) is 8.39. The summed E-state index contributed by atoms with van der Waals surface area (Å²) < 4.78 is 0. The first-order valence-corrected chi connectivity index (χ1v) is 6.70. The summed E-state index contributed by atoms with van der Waals surface area (Å²) in [5, 5.41) is 8.97. The minimum Gasteiger partial charge on any atom is -0.198 e. The number of nitriles is 1. The van der Waals surface area contributed by atoms with Gasteiger partial charge in [0.25, 0.3) is 0 Å². The average Bonchev–Trinajstić information content (AvgIpc) is 2.17. The van der Waals surface area contributed by atoms with Crippen LogP contribution in [0.25, 0.3) is 0 Å². The third-order valence-corrected chi connectivity index (χ3v) is 6.67. The van der Waals surface area contributed by atoms with E-state index in [2.05, 4.69) is 18.2 Å². The molecule has 0 bridgehead atoms. The summed E-state index contributed by atoms with van der Waals surface area (Å²) in [6, 6.07) is 3.88. The Kier molecular flexibility index (Phi) is 2.32. The largest absolute Gasteiger partial charge is 0.198 e. The summed E-state index contributed by atoms with van der Waals surface area (Å²) >= 11 is 0. The van der Waals surface area contributed by atoms with Crippen molar-refractivity contribution >= 4 is 8.80 Å². The Labute approximate surface area is 75.7 Å². The molecule has 0 amide bonds. The third-order valence-electron chi connectivity index (χ3n) is 3.05. The quantitative estimate of drug-likeness (QED) is 0.411. The number of allylic oxidation sites excluding steroid dienone is 2. The molecule has 2 heterocycles. The first-order chi connectivity index (χ1) is 5.92. The molecule has 2 aliphatic heterocycles. The van der Waals surface area contributed by atoms with Gasteiger partial charge >= 0.3 is 0 Å². The van der Waals surface area contributed by atoms with Gasteiger partial charge in [-0.2, -0.15) is 5.26 Å². The first kappa shape index (κ1) is 8.06. The Morgan fingerprint density at radius 1 is 1.42 bits per heavy atom. The van der Waals surface area contributed by atoms with Crippen LogP contribution in [0.3, 0.4) is 0 Å². The minimum absolute atomic E-state index is 0.327. The van der Waals surface area contributed by atoms with Crippen molar-refractivity contribution in [2.75, 3.05) is 0 Å². The van der Waals surface area contributed by atoms with Gasteiger partial charge in [-0.25, -0.2) is 0 Å². The highest BCUT2D eigenvalue weighted by molar-refractivity contribution is 6.64. The second-order valence-electron chi connectivity index (χ2n) is 3.77. The fourth-order valence-electron chi connectivity index (χ4n) is 2.38. The van der Waals surface area contributed by atoms with Gasteiger partial charge < -0.3 is 0 Å². The van der Waals surface area contributed by atoms with Crippen LogP contribution in [-0.4, -0.2) is 8.80 Å². The van der Waals surface area contributed by atoms with Crippen molar-refractivity contribution in [1.82, 2.24) is 0 Å². The number of rotatable bonds is 0. The number of fused-ring (bicyclic) bond motifs is 1. The maximum atomic E-state index is 8.97. The van der Waals surface area contributed by atoms with Gasteiger partial charge in [-0.15, -0.1) is 0 Å². The van der Waals surface area contributed by atoms with Crippen molar-refractivity contribution in [3.63, 3.8) is 0 Å². The van der Waals surface area contributed by atoms with Crippen LogP contribution in [0, 0.1) is 11.3 Å². The Morgan fingerprint density at radius 3 is 3.17 bits per heavy atom. The minimum atomic E-state index is -0.327. The molecule has 0 N–H and O–H groups in total. The van der Waals surface area contributed by atoms with Crippen LogP contribution in [0.1, 0.15) is 25.7 Å². The second-order valence-corrected chi connectivity index (χ2v) is 6.86. The molecule has 0 aromatic rings. The lowest BCUT2D eigenvalue weighted by molar-refractivity contribution is 0.654. The molecule has 12 heavy (non-hydrogen) atoms. The van der Waals surface area contributed by atoms with Gasteiger partial charge in [-0.1, -0.05) is 31.0 Å². The molecule has 2 atom stereocenters. The van der Waals surface area contributed by atoms with Gasteiger partial charge in [0.05, 0.1) is 14.9 Å². The lowest BCUT2D eigenvalue weighted by atomic mass is 10.1. The van der Waals surface area contributed by atoms with E-state index in [1.807, 2.05) is 0 Å². The van der Waals surface area contributed by atoms with Crippen LogP contribution in [0.4, 0.5) is 0 Å². The van der Waals surface area contributed by atoms with Crippen LogP contribution >= 0.6 is 0 Å². The Balaban J connectivity index is 2.13. The molecule has 1 nitrogen and oxygen atoms in total. The molecule has 2 aliphatic rings. The van der Waals surface area contributed by atoms with E-state index in [-0.39, 0.29) is 8.80 Å². The Hall–Kier alpha value is -0.553. The predicted molar refractivity (Wildman–Crippen MR) is 51.3 cm³/mol. The molecule has 2 unspecified atom stereocenters. The van der Waals surface area contributed by atoms with E-state index in [9.17, 15) is 0 Å². The van der Waals surface area contributed by atoms with E-state index in [4.69, 9.17) is 5.26 Å². The predicted octanol–water partition coefficient (Wildman–Crippen LogP) is 2.89. The van der Waals surface area contributed by atoms with Crippen molar-refractivity contribution in [3.8, 4) is 6.07 Å². The fourth-order valence-corrected chi connectivity index (χ4v) is 5.84. The van der Waals surface area contributed by atoms with Crippen LogP contribution in [0.2, 0.25) is 17.1 Å². The highest BCUT2D eigenvalue weighted by atomic mass is 28.3. The van der Waals surface area contributed by atoms with Crippen molar-refractivity contribution in [3.05, 3.63) is 12.2 Å². The average molecular weight is 176 g/mol. The molecular formula is C10H14NSi. The molecule has 1 fully saturated rings. The summed E-state index contributed by atoms with van der Waals surface area (Å²) in [7, 11) is -0.327. The highest BCUT2D eigenvalue weighted by Gasteiger charge is 2.33. The summed E-state index contributed by atoms with van der Waals surface area (Å²) in [6.07, 6.45) is 9.81. The number of hydrogen-bond donors (Lipinski definition) is 0. The van der Waals surface area contributed by atoms with E-state index in [1.54, 1.807) is 0 Å². The van der Waals surface area contributed by atoms with Crippen LogP contribution in [0.15, 0.2) is 12.2 Å². The number of hydrogen-bond acceptors (Lipinski definition) is 1. The molecule has 2 heteroatoms. The van der Waals surface area contributed by atoms with E-state index >= 15 is 0 Å². The first-order valence-electron chi connectivity index (χ1n) is 4.83. The second kappa shape index (κ2) is 3.45. The molecule has 0 spiro atoms. The number of nitrogens with zero attached hydrogens (tertiary/aromatic N) is 1. The van der Waals surface area contributed by atoms with Gasteiger partial charge in [-0.05, 0) is 18.4 Å². The van der Waals surface area contributed by atoms with Gasteiger partial charge in [0.15, 0.2) is 0 Å². The van der Waals surface area contributed by atoms with Gasteiger partial charge in [-0.3, -0.25) is 0 Å². The topological polar surface area (TPSA) is 23.8 Å². The zero-order valence-electron chi connectivity index (χ0n) is 7.29. The van der Waals surface area contributed by atoms with E-state index in [0.717, 1.165) is 12.0 Å². The normalized spacial score (nSPS) is 35.6. The molecule has 63 valence electrons. The van der Waals surface area contributed by atoms with Crippen LogP contribution < -0.4 is 0 Å². The Bertz CT molecular complexity index is 228. The van der Waals surface area contributed by atoms with Crippen LogP contribution in [-0.2, 0) is 0 Å². The molecule has 2 rings (SSSR count). The molecule has 1 saturated heterocycles. The van der Waals surface area contributed by atoms with Crippen molar-refractivity contribution in [2.45, 2.75) is 42.8 Å². The summed E-state index contributed by atoms with van der Waals surface area (Å²) in [6.45, 7) is 0. The zero-order valence-corrected chi connectivity index (χ0v) is 8.29. The van der Waals surface area contributed by atoms with Gasteiger partial charge in [0, 0.05) is 5.54 Å². The lowest BCUT2D eigenvalue weighted by Gasteiger charge is -2.33. The Morgan fingerprint density at radius 2 is 2.33 bits per heavy atom. The monoisotopic (exact) mass is 176 g/mol. The molecular weight excluding hydrogens is 162 g/mol. The van der Waals surface area contributed by atoms with Gasteiger partial charge in [0.2, 0.25) is 0 Å². The van der Waals surface area contributed by atoms with Gasteiger partial charge in [0.1, 0.15) is 0 Å². The van der Waals surface area contributed by atoms with Crippen LogP contribution in [0.5, 0.6) is 0 Å². The van der Waals surface area contributed by atoms with Crippen molar-refractivity contribution < 1.29 is 0 Å². The molecule has 0 aromatic carbocycles. The summed E-state index contributed by atoms with van der Waals surface area (Å²) in [5.41, 5.74) is 1.26. The highest BCUT2D eigenvalue weighted by Crippen LogP contribution is 2.40. The third kappa shape index (κ3) is 1.34. The fraction of sp³-hybridized carbons (Fsp3) is 0.700. The maximum Gasteiger partial charge on any atom is 0.0767 e. The standard InChI is InChI=1S/C10H14NSi/c11-8-10-6-3-5-9-4-1-2-7-12(9)10/h3,5,9-10H,1-2,4,6-7H2. The molecule has 0 saturated carbocycles. The lowest BCUT2D eigenvalue weighted by Crippen LogP contribution is -2.30. The summed E-state index contributed by atoms with van der Waals surface area (Å²) in [5.74, 6) is 0. The van der Waals surface area contributed by atoms with E-state index in [0.29, 0.717) is 5.54 Å². The summed E-state index contributed by atoms with van der Waals surface area (Å²) in [4.78, 5) is 0. The molecule has 1 radical (unpaired) electrons. The van der Waals surface area contributed by atoms with Crippen molar-refractivity contribution in [1.29, 1.82) is 5.26 Å². The van der Waals surface area contributed by atoms with E-state index in [1.165, 1.54) is 25.3 Å². The maximum absolute atomic E-state index is 8.97. The molecule has 0 aliphatic carbocycles. The van der Waals surface area contributed by atoms with E-state index < -0.39 is 0 Å².